The number of hydrogen-bond donors (Lipinski definition) is 8. The van der Waals surface area contributed by atoms with E-state index in [2.05, 4.69) is 25.9 Å². The number of aromatic amines is 1. The molecule has 0 fully saturated rings. The molecule has 1 aromatic carbocycles. The number of amides is 3. The van der Waals surface area contributed by atoms with E-state index in [4.69, 9.17) is 5.73 Å². The van der Waals surface area contributed by atoms with Crippen molar-refractivity contribution < 1.29 is 34.5 Å². The number of phenols is 1. The lowest BCUT2D eigenvalue weighted by Gasteiger charge is -2.25. The summed E-state index contributed by atoms with van der Waals surface area (Å²) in [7, 11) is 0. The van der Waals surface area contributed by atoms with Crippen molar-refractivity contribution in [3.05, 3.63) is 48.0 Å². The van der Waals surface area contributed by atoms with Crippen molar-refractivity contribution >= 4 is 35.5 Å². The maximum atomic E-state index is 13.3. The number of aliphatic carboxylic acids is 1. The number of benzene rings is 1. The average Bonchev–Trinajstić information content (AvgIpc) is 3.39. The second-order valence-electron chi connectivity index (χ2n) is 8.72. The van der Waals surface area contributed by atoms with Gasteiger partial charge in [-0.2, -0.15) is 11.8 Å². The van der Waals surface area contributed by atoms with Crippen LogP contribution in [0, 0.1) is 0 Å². The van der Waals surface area contributed by atoms with Gasteiger partial charge in [0.2, 0.25) is 17.7 Å². The standard InChI is InChI=1S/C24H34N6O7S/c1-13(31)20(25)23(35)29-18(9-14-3-5-16(32)6-4-14)22(34)28-17(7-8-38-2)21(33)30-19(24(36)37)10-15-11-26-12-27-15/h3-6,11-13,17-20,31-32H,7-10,25H2,1-2H3,(H,26,27)(H,28,34)(H,29,35)(H,30,33)(H,36,37). The Bertz CT molecular complexity index is 1060. The zero-order valence-electron chi connectivity index (χ0n) is 21.1. The van der Waals surface area contributed by atoms with E-state index in [0.29, 0.717) is 17.0 Å². The van der Waals surface area contributed by atoms with Crippen LogP contribution in [0.1, 0.15) is 24.6 Å². The number of imidazole rings is 1. The Labute approximate surface area is 224 Å². The van der Waals surface area contributed by atoms with Gasteiger partial charge in [-0.25, -0.2) is 9.78 Å². The fourth-order valence-electron chi connectivity index (χ4n) is 3.43. The van der Waals surface area contributed by atoms with Crippen molar-refractivity contribution in [3.63, 3.8) is 0 Å². The second-order valence-corrected chi connectivity index (χ2v) is 9.71. The summed E-state index contributed by atoms with van der Waals surface area (Å²) in [6.07, 6.45) is 3.64. The van der Waals surface area contributed by atoms with Crippen LogP contribution in [-0.4, -0.2) is 91.3 Å². The monoisotopic (exact) mass is 550 g/mol. The lowest BCUT2D eigenvalue weighted by atomic mass is 10.0. The molecule has 38 heavy (non-hydrogen) atoms. The number of H-pyrrole nitrogens is 1. The van der Waals surface area contributed by atoms with E-state index in [0.717, 1.165) is 0 Å². The van der Waals surface area contributed by atoms with E-state index < -0.39 is 54.0 Å². The van der Waals surface area contributed by atoms with E-state index in [9.17, 15) is 34.5 Å². The van der Waals surface area contributed by atoms with E-state index in [1.165, 1.54) is 43.3 Å². The molecule has 0 aliphatic heterocycles. The van der Waals surface area contributed by atoms with E-state index in [1.54, 1.807) is 12.1 Å². The molecule has 14 heteroatoms. The summed E-state index contributed by atoms with van der Waals surface area (Å²) in [6, 6.07) is 1.16. The Hall–Kier alpha value is -3.62. The molecule has 1 aromatic heterocycles. The lowest BCUT2D eigenvalue weighted by molar-refractivity contribution is -0.142. The van der Waals surface area contributed by atoms with E-state index in [1.807, 2.05) is 6.26 Å². The molecule has 0 bridgehead atoms. The van der Waals surface area contributed by atoms with Gasteiger partial charge in [-0.1, -0.05) is 12.1 Å². The summed E-state index contributed by atoms with van der Waals surface area (Å²) < 4.78 is 0. The lowest BCUT2D eigenvalue weighted by Crippen LogP contribution is -2.58. The molecular formula is C24H34N6O7S. The van der Waals surface area contributed by atoms with Gasteiger partial charge in [-0.15, -0.1) is 0 Å². The van der Waals surface area contributed by atoms with Crippen molar-refractivity contribution in [1.82, 2.24) is 25.9 Å². The molecular weight excluding hydrogens is 516 g/mol. The third-order valence-corrected chi connectivity index (χ3v) is 6.31. The first-order valence-electron chi connectivity index (χ1n) is 11.8. The first-order chi connectivity index (χ1) is 18.0. The molecule has 0 saturated heterocycles. The Morgan fingerprint density at radius 1 is 1.00 bits per heavy atom. The highest BCUT2D eigenvalue weighted by molar-refractivity contribution is 7.98. The minimum atomic E-state index is -1.29. The maximum absolute atomic E-state index is 13.3. The maximum Gasteiger partial charge on any atom is 0.326 e. The Morgan fingerprint density at radius 3 is 2.16 bits per heavy atom. The fourth-order valence-corrected chi connectivity index (χ4v) is 3.90. The summed E-state index contributed by atoms with van der Waals surface area (Å²) in [5.41, 5.74) is 6.83. The number of carboxylic acids is 1. The number of carbonyl (C=O) groups excluding carboxylic acids is 3. The van der Waals surface area contributed by atoms with Gasteiger partial charge in [-0.3, -0.25) is 14.4 Å². The Kier molecular flexibility index (Phi) is 12.0. The van der Waals surface area contributed by atoms with Crippen LogP contribution in [0.4, 0.5) is 0 Å². The Balaban J connectivity index is 2.21. The Morgan fingerprint density at radius 2 is 1.61 bits per heavy atom. The molecule has 13 nitrogen and oxygen atoms in total. The van der Waals surface area contributed by atoms with Gasteiger partial charge in [0.15, 0.2) is 0 Å². The largest absolute Gasteiger partial charge is 0.508 e. The predicted octanol–water partition coefficient (Wildman–Crippen LogP) is -1.10. The van der Waals surface area contributed by atoms with Gasteiger partial charge in [0.1, 0.15) is 29.9 Å². The number of nitrogens with zero attached hydrogens (tertiary/aromatic N) is 1. The van der Waals surface area contributed by atoms with Crippen molar-refractivity contribution in [3.8, 4) is 5.75 Å². The third kappa shape index (κ3) is 9.68. The molecule has 1 heterocycles. The number of carbonyl (C=O) groups is 4. The zero-order valence-corrected chi connectivity index (χ0v) is 21.9. The predicted molar refractivity (Wildman–Crippen MR) is 140 cm³/mol. The van der Waals surface area contributed by atoms with Crippen LogP contribution in [0.5, 0.6) is 5.75 Å². The van der Waals surface area contributed by atoms with Gasteiger partial charge in [0.05, 0.1) is 12.4 Å². The quantitative estimate of drug-likeness (QED) is 0.134. The number of nitrogens with two attached hydrogens (primary N) is 1. The molecule has 5 atom stereocenters. The van der Waals surface area contributed by atoms with Crippen LogP contribution in [0.2, 0.25) is 0 Å². The highest BCUT2D eigenvalue weighted by atomic mass is 32.2. The number of carboxylic acid groups (broad SMARTS) is 1. The summed E-state index contributed by atoms with van der Waals surface area (Å²) in [5, 5.41) is 36.4. The van der Waals surface area contributed by atoms with Gasteiger partial charge in [0.25, 0.3) is 0 Å². The SMILES string of the molecule is CSCCC(NC(=O)C(Cc1ccc(O)cc1)NC(=O)C(N)C(C)O)C(=O)NC(Cc1cnc[nH]1)C(=O)O. The second kappa shape index (κ2) is 15.0. The molecule has 0 radical (unpaired) electrons. The molecule has 2 aromatic rings. The van der Waals surface area contributed by atoms with E-state index >= 15 is 0 Å². The summed E-state index contributed by atoms with van der Waals surface area (Å²) in [4.78, 5) is 57.3. The number of aromatic nitrogens is 2. The number of nitrogens with one attached hydrogen (secondary N) is 4. The normalized spacial score (nSPS) is 14.9. The van der Waals surface area contributed by atoms with Crippen molar-refractivity contribution in [2.24, 2.45) is 5.73 Å². The van der Waals surface area contributed by atoms with Crippen LogP contribution in [0.15, 0.2) is 36.8 Å². The molecule has 0 saturated carbocycles. The number of hydrogen-bond acceptors (Lipinski definition) is 9. The molecule has 208 valence electrons. The minimum Gasteiger partial charge on any atom is -0.508 e. The summed E-state index contributed by atoms with van der Waals surface area (Å²) >= 11 is 1.43. The average molecular weight is 551 g/mol. The van der Waals surface area contributed by atoms with Crippen molar-refractivity contribution in [2.75, 3.05) is 12.0 Å². The number of aromatic hydroxyl groups is 1. The fraction of sp³-hybridized carbons (Fsp3) is 0.458. The molecule has 0 aliphatic carbocycles. The third-order valence-electron chi connectivity index (χ3n) is 5.67. The van der Waals surface area contributed by atoms with Crippen molar-refractivity contribution in [1.29, 1.82) is 0 Å². The molecule has 0 aliphatic rings. The van der Waals surface area contributed by atoms with Crippen LogP contribution in [-0.2, 0) is 32.0 Å². The van der Waals surface area contributed by atoms with E-state index in [-0.39, 0.29) is 25.0 Å². The number of aliphatic hydroxyl groups excluding tert-OH is 1. The van der Waals surface area contributed by atoms with Gasteiger partial charge < -0.3 is 42.0 Å². The van der Waals surface area contributed by atoms with Crippen LogP contribution >= 0.6 is 11.8 Å². The number of rotatable bonds is 15. The first kappa shape index (κ1) is 30.6. The molecule has 9 N–H and O–H groups in total. The van der Waals surface area contributed by atoms with Gasteiger partial charge >= 0.3 is 5.97 Å². The van der Waals surface area contributed by atoms with Gasteiger partial charge in [0, 0.05) is 24.7 Å². The molecule has 3 amide bonds. The van der Waals surface area contributed by atoms with Crippen LogP contribution < -0.4 is 21.7 Å². The summed E-state index contributed by atoms with van der Waals surface area (Å²) in [5.74, 6) is -2.92. The number of aliphatic hydroxyl groups is 1. The zero-order chi connectivity index (χ0) is 28.2. The number of thioether (sulfide) groups is 1. The molecule has 2 rings (SSSR count). The minimum absolute atomic E-state index is 0.00117. The van der Waals surface area contributed by atoms with Crippen LogP contribution in [0.25, 0.3) is 0 Å². The smallest absolute Gasteiger partial charge is 0.326 e. The van der Waals surface area contributed by atoms with Crippen LogP contribution in [0.3, 0.4) is 0 Å². The highest BCUT2D eigenvalue weighted by Gasteiger charge is 2.31. The molecule has 0 spiro atoms. The first-order valence-corrected chi connectivity index (χ1v) is 13.2. The summed E-state index contributed by atoms with van der Waals surface area (Å²) in [6.45, 7) is 1.34. The van der Waals surface area contributed by atoms with Crippen molar-refractivity contribution in [2.45, 2.75) is 56.5 Å². The topological polar surface area (TPSA) is 220 Å². The van der Waals surface area contributed by atoms with Gasteiger partial charge in [-0.05, 0) is 43.0 Å². The highest BCUT2D eigenvalue weighted by Crippen LogP contribution is 2.12. The number of phenolic OH excluding ortho intramolecular Hbond substituents is 1. The molecule has 5 unspecified atom stereocenters.